The van der Waals surface area contributed by atoms with Crippen molar-refractivity contribution in [3.8, 4) is 11.5 Å². The normalized spacial score (nSPS) is 12.1. The standard InChI is InChI=1S/C15H12Cl2F2O2/c1-20-12-4-3-5-13(21-2)14(12)15(17)8-6-10(18)11(19)7-9(8)16/h3-7,15H,1-2H3. The summed E-state index contributed by atoms with van der Waals surface area (Å²) in [5.41, 5.74) is 0.733. The van der Waals surface area contributed by atoms with Crippen LogP contribution in [0.25, 0.3) is 0 Å². The summed E-state index contributed by atoms with van der Waals surface area (Å²) in [5.74, 6) is -1.11. The Bertz CT molecular complexity index is 640. The Morgan fingerprint density at radius 2 is 1.52 bits per heavy atom. The van der Waals surface area contributed by atoms with Crippen molar-refractivity contribution in [3.05, 3.63) is 58.1 Å². The molecule has 0 N–H and O–H groups in total. The third-order valence-corrected chi connectivity index (χ3v) is 3.81. The Kier molecular flexibility index (Phi) is 4.91. The Balaban J connectivity index is 2.59. The molecule has 0 aliphatic rings. The maximum absolute atomic E-state index is 13.4. The van der Waals surface area contributed by atoms with Crippen LogP contribution in [0.4, 0.5) is 8.78 Å². The maximum atomic E-state index is 13.4. The first-order valence-electron chi connectivity index (χ1n) is 5.99. The van der Waals surface area contributed by atoms with Crippen molar-refractivity contribution < 1.29 is 18.3 Å². The van der Waals surface area contributed by atoms with Gasteiger partial charge in [-0.3, -0.25) is 0 Å². The van der Waals surface area contributed by atoms with Gasteiger partial charge in [0.25, 0.3) is 0 Å². The predicted octanol–water partition coefficient (Wildman–Crippen LogP) is 4.96. The quantitative estimate of drug-likeness (QED) is 0.581. The highest BCUT2D eigenvalue weighted by Crippen LogP contribution is 2.43. The van der Waals surface area contributed by atoms with E-state index in [4.69, 9.17) is 32.7 Å². The zero-order valence-electron chi connectivity index (χ0n) is 11.3. The van der Waals surface area contributed by atoms with Crippen molar-refractivity contribution in [2.75, 3.05) is 14.2 Å². The van der Waals surface area contributed by atoms with Crippen LogP contribution in [0.3, 0.4) is 0 Å². The average molecular weight is 333 g/mol. The lowest BCUT2D eigenvalue weighted by Crippen LogP contribution is -2.02. The molecular formula is C15H12Cl2F2O2. The van der Waals surface area contributed by atoms with Crippen LogP contribution in [0.2, 0.25) is 5.02 Å². The van der Waals surface area contributed by atoms with E-state index in [0.717, 1.165) is 12.1 Å². The Morgan fingerprint density at radius 1 is 1.00 bits per heavy atom. The molecule has 1 unspecified atom stereocenters. The predicted molar refractivity (Wildman–Crippen MR) is 78.6 cm³/mol. The molecule has 0 aromatic heterocycles. The molecule has 2 nitrogen and oxygen atoms in total. The molecule has 2 rings (SSSR count). The van der Waals surface area contributed by atoms with Crippen molar-refractivity contribution in [2.45, 2.75) is 5.38 Å². The topological polar surface area (TPSA) is 18.5 Å². The van der Waals surface area contributed by atoms with Gasteiger partial charge in [-0.15, -0.1) is 11.6 Å². The lowest BCUT2D eigenvalue weighted by atomic mass is 10.0. The Labute approximate surface area is 131 Å². The van der Waals surface area contributed by atoms with E-state index in [1.165, 1.54) is 14.2 Å². The van der Waals surface area contributed by atoms with Crippen LogP contribution in [-0.4, -0.2) is 14.2 Å². The van der Waals surface area contributed by atoms with E-state index in [-0.39, 0.29) is 10.6 Å². The highest BCUT2D eigenvalue weighted by Gasteiger charge is 2.24. The first-order chi connectivity index (χ1) is 9.99. The van der Waals surface area contributed by atoms with E-state index in [1.807, 2.05) is 0 Å². The molecule has 0 aliphatic heterocycles. The fourth-order valence-corrected chi connectivity index (χ4v) is 2.73. The van der Waals surface area contributed by atoms with E-state index in [0.29, 0.717) is 17.1 Å². The van der Waals surface area contributed by atoms with E-state index in [1.54, 1.807) is 18.2 Å². The second kappa shape index (κ2) is 6.50. The van der Waals surface area contributed by atoms with E-state index < -0.39 is 17.0 Å². The van der Waals surface area contributed by atoms with Crippen LogP contribution in [0.15, 0.2) is 30.3 Å². The molecule has 6 heteroatoms. The fourth-order valence-electron chi connectivity index (χ4n) is 2.02. The summed E-state index contributed by atoms with van der Waals surface area (Å²) >= 11 is 12.4. The van der Waals surface area contributed by atoms with Crippen molar-refractivity contribution >= 4 is 23.2 Å². The van der Waals surface area contributed by atoms with Gasteiger partial charge in [0.05, 0.1) is 25.2 Å². The zero-order valence-corrected chi connectivity index (χ0v) is 12.8. The summed E-state index contributed by atoms with van der Waals surface area (Å²) in [6.07, 6.45) is 0. The van der Waals surface area contributed by atoms with Crippen LogP contribution in [-0.2, 0) is 0 Å². The number of halogens is 4. The van der Waals surface area contributed by atoms with Gasteiger partial charge in [-0.25, -0.2) is 8.78 Å². The first-order valence-corrected chi connectivity index (χ1v) is 6.80. The van der Waals surface area contributed by atoms with Crippen molar-refractivity contribution in [1.29, 1.82) is 0 Å². The number of ether oxygens (including phenoxy) is 2. The summed E-state index contributed by atoms with van der Waals surface area (Å²) in [4.78, 5) is 0. The number of hydrogen-bond donors (Lipinski definition) is 0. The second-order valence-corrected chi connectivity index (χ2v) is 5.07. The minimum absolute atomic E-state index is 0.0295. The summed E-state index contributed by atoms with van der Waals surface area (Å²) in [7, 11) is 2.96. The number of rotatable bonds is 4. The minimum Gasteiger partial charge on any atom is -0.496 e. The van der Waals surface area contributed by atoms with Gasteiger partial charge < -0.3 is 9.47 Å². The van der Waals surface area contributed by atoms with E-state index in [9.17, 15) is 8.78 Å². The summed E-state index contributed by atoms with van der Waals surface area (Å²) in [6.45, 7) is 0. The molecule has 0 fully saturated rings. The van der Waals surface area contributed by atoms with Gasteiger partial charge in [0, 0.05) is 5.02 Å². The highest BCUT2D eigenvalue weighted by atomic mass is 35.5. The van der Waals surface area contributed by atoms with Crippen LogP contribution in [0, 0.1) is 11.6 Å². The van der Waals surface area contributed by atoms with Crippen LogP contribution < -0.4 is 9.47 Å². The summed E-state index contributed by atoms with van der Waals surface area (Å²) in [5, 5.41) is -0.819. The van der Waals surface area contributed by atoms with Gasteiger partial charge in [0.1, 0.15) is 11.5 Å². The van der Waals surface area contributed by atoms with Gasteiger partial charge in [0.2, 0.25) is 0 Å². The average Bonchev–Trinajstić information content (AvgIpc) is 2.49. The first kappa shape index (κ1) is 15.9. The van der Waals surface area contributed by atoms with Gasteiger partial charge >= 0.3 is 0 Å². The molecule has 112 valence electrons. The third-order valence-electron chi connectivity index (χ3n) is 3.03. The molecule has 0 spiro atoms. The molecule has 0 saturated heterocycles. The van der Waals surface area contributed by atoms with Crippen molar-refractivity contribution in [2.24, 2.45) is 0 Å². The molecule has 0 amide bonds. The van der Waals surface area contributed by atoms with Crippen molar-refractivity contribution in [3.63, 3.8) is 0 Å². The van der Waals surface area contributed by atoms with Crippen LogP contribution in [0.1, 0.15) is 16.5 Å². The number of benzene rings is 2. The number of methoxy groups -OCH3 is 2. The maximum Gasteiger partial charge on any atom is 0.160 e. The van der Waals surface area contributed by atoms with Gasteiger partial charge in [0.15, 0.2) is 11.6 Å². The molecular weight excluding hydrogens is 321 g/mol. The molecule has 0 heterocycles. The monoisotopic (exact) mass is 332 g/mol. The molecule has 0 bridgehead atoms. The Morgan fingerprint density at radius 3 is 2.05 bits per heavy atom. The lowest BCUT2D eigenvalue weighted by Gasteiger charge is -2.18. The van der Waals surface area contributed by atoms with E-state index >= 15 is 0 Å². The molecule has 2 aromatic rings. The van der Waals surface area contributed by atoms with Crippen LogP contribution >= 0.6 is 23.2 Å². The third kappa shape index (κ3) is 3.06. The number of alkyl halides is 1. The minimum atomic E-state index is -1.03. The fraction of sp³-hybridized carbons (Fsp3) is 0.200. The zero-order chi connectivity index (χ0) is 15.6. The second-order valence-electron chi connectivity index (χ2n) is 4.23. The SMILES string of the molecule is COc1cccc(OC)c1C(Cl)c1cc(F)c(F)cc1Cl. The van der Waals surface area contributed by atoms with Gasteiger partial charge in [-0.1, -0.05) is 17.7 Å². The molecule has 21 heavy (non-hydrogen) atoms. The lowest BCUT2D eigenvalue weighted by molar-refractivity contribution is 0.386. The van der Waals surface area contributed by atoms with Crippen molar-refractivity contribution in [1.82, 2.24) is 0 Å². The smallest absolute Gasteiger partial charge is 0.160 e. The molecule has 0 aliphatic carbocycles. The summed E-state index contributed by atoms with van der Waals surface area (Å²) < 4.78 is 37.1. The number of hydrogen-bond acceptors (Lipinski definition) is 2. The van der Waals surface area contributed by atoms with E-state index in [2.05, 4.69) is 0 Å². The molecule has 0 radical (unpaired) electrons. The largest absolute Gasteiger partial charge is 0.496 e. The molecule has 0 saturated carbocycles. The summed E-state index contributed by atoms with van der Waals surface area (Å²) in [6, 6.07) is 6.99. The van der Waals surface area contributed by atoms with Gasteiger partial charge in [-0.2, -0.15) is 0 Å². The van der Waals surface area contributed by atoms with Gasteiger partial charge in [-0.05, 0) is 29.8 Å². The molecule has 1 atom stereocenters. The Hall–Kier alpha value is -1.52. The highest BCUT2D eigenvalue weighted by molar-refractivity contribution is 6.33. The molecule has 2 aromatic carbocycles. The van der Waals surface area contributed by atoms with Crippen LogP contribution in [0.5, 0.6) is 11.5 Å².